The Bertz CT molecular complexity index is 713. The quantitative estimate of drug-likeness (QED) is 0.925. The summed E-state index contributed by atoms with van der Waals surface area (Å²) in [6.45, 7) is 2.72. The summed E-state index contributed by atoms with van der Waals surface area (Å²) < 4.78 is 2.04. The number of benzene rings is 1. The zero-order valence-electron chi connectivity index (χ0n) is 13.4. The normalized spacial score (nSPS) is 22.0. The Balaban J connectivity index is 1.66. The van der Waals surface area contributed by atoms with Gasteiger partial charge in [-0.15, -0.1) is 5.10 Å². The van der Waals surface area contributed by atoms with Crippen LogP contribution in [-0.2, 0) is 0 Å². The number of aromatic nitrogens is 4. The van der Waals surface area contributed by atoms with Crippen LogP contribution in [0.4, 0.5) is 5.69 Å². The summed E-state index contributed by atoms with van der Waals surface area (Å²) in [4.78, 5) is 4.73. The SMILES string of the molecule is CC1=NCC(c2nnnn2C2CCCCC2)Nc2ccccc21. The van der Waals surface area contributed by atoms with E-state index >= 15 is 0 Å². The van der Waals surface area contributed by atoms with Crippen LogP contribution in [0, 0.1) is 0 Å². The summed E-state index contributed by atoms with van der Waals surface area (Å²) in [7, 11) is 0. The minimum Gasteiger partial charge on any atom is -0.373 e. The highest BCUT2D eigenvalue weighted by atomic mass is 15.6. The van der Waals surface area contributed by atoms with Crippen LogP contribution in [0.5, 0.6) is 0 Å². The first-order valence-electron chi connectivity index (χ1n) is 8.47. The molecule has 1 aliphatic carbocycles. The fourth-order valence-corrected chi connectivity index (χ4v) is 3.63. The van der Waals surface area contributed by atoms with Crippen LogP contribution >= 0.6 is 0 Å². The number of benzodiazepines with no additional fused rings is 1. The number of para-hydroxylation sites is 1. The molecule has 0 saturated heterocycles. The largest absolute Gasteiger partial charge is 0.373 e. The predicted octanol–water partition coefficient (Wildman–Crippen LogP) is 3.15. The number of aliphatic imine (C=N–C) groups is 1. The Labute approximate surface area is 136 Å². The maximum atomic E-state index is 4.73. The monoisotopic (exact) mass is 310 g/mol. The molecular weight excluding hydrogens is 288 g/mol. The lowest BCUT2D eigenvalue weighted by Gasteiger charge is -2.24. The molecular formula is C17H22N6. The minimum atomic E-state index is 0.0190. The van der Waals surface area contributed by atoms with E-state index in [2.05, 4.69) is 39.9 Å². The molecule has 0 bridgehead atoms. The van der Waals surface area contributed by atoms with Crippen molar-refractivity contribution in [1.29, 1.82) is 0 Å². The van der Waals surface area contributed by atoms with Gasteiger partial charge >= 0.3 is 0 Å². The predicted molar refractivity (Wildman–Crippen MR) is 89.8 cm³/mol. The summed E-state index contributed by atoms with van der Waals surface area (Å²) >= 11 is 0. The minimum absolute atomic E-state index is 0.0190. The third-order valence-electron chi connectivity index (χ3n) is 4.91. The second kappa shape index (κ2) is 6.10. The van der Waals surface area contributed by atoms with Gasteiger partial charge in [-0.2, -0.15) is 0 Å². The molecule has 4 rings (SSSR count). The molecule has 1 aromatic heterocycles. The molecule has 6 heteroatoms. The highest BCUT2D eigenvalue weighted by Crippen LogP contribution is 2.31. The van der Waals surface area contributed by atoms with Crippen molar-refractivity contribution < 1.29 is 0 Å². The Hall–Kier alpha value is -2.24. The number of anilines is 1. The molecule has 0 amide bonds. The van der Waals surface area contributed by atoms with Crippen molar-refractivity contribution in [3.8, 4) is 0 Å². The first kappa shape index (κ1) is 14.4. The van der Waals surface area contributed by atoms with Crippen LogP contribution < -0.4 is 5.32 Å². The molecule has 1 N–H and O–H groups in total. The van der Waals surface area contributed by atoms with Crippen LogP contribution in [0.3, 0.4) is 0 Å². The zero-order valence-corrected chi connectivity index (χ0v) is 13.4. The van der Waals surface area contributed by atoms with Gasteiger partial charge in [0.15, 0.2) is 5.82 Å². The molecule has 2 heterocycles. The molecule has 1 aromatic carbocycles. The molecule has 2 aliphatic rings. The van der Waals surface area contributed by atoms with Crippen LogP contribution in [0.15, 0.2) is 29.3 Å². The first-order valence-corrected chi connectivity index (χ1v) is 8.47. The summed E-state index contributed by atoms with van der Waals surface area (Å²) in [6, 6.07) is 8.75. The van der Waals surface area contributed by atoms with Crippen molar-refractivity contribution in [2.24, 2.45) is 4.99 Å². The Kier molecular flexibility index (Phi) is 3.81. The van der Waals surface area contributed by atoms with Gasteiger partial charge in [-0.05, 0) is 36.3 Å². The third-order valence-corrected chi connectivity index (χ3v) is 4.91. The summed E-state index contributed by atoms with van der Waals surface area (Å²) in [5, 5.41) is 16.2. The molecule has 2 aromatic rings. The summed E-state index contributed by atoms with van der Waals surface area (Å²) in [5.74, 6) is 0.908. The van der Waals surface area contributed by atoms with Gasteiger partial charge in [-0.1, -0.05) is 37.5 Å². The fourth-order valence-electron chi connectivity index (χ4n) is 3.63. The van der Waals surface area contributed by atoms with E-state index in [0.717, 1.165) is 22.8 Å². The van der Waals surface area contributed by atoms with Crippen molar-refractivity contribution in [3.05, 3.63) is 35.7 Å². The van der Waals surface area contributed by atoms with Crippen molar-refractivity contribution in [3.63, 3.8) is 0 Å². The van der Waals surface area contributed by atoms with Crippen molar-refractivity contribution in [2.75, 3.05) is 11.9 Å². The Morgan fingerprint density at radius 1 is 1.13 bits per heavy atom. The van der Waals surface area contributed by atoms with E-state index in [0.29, 0.717) is 12.6 Å². The first-order chi connectivity index (χ1) is 11.3. The van der Waals surface area contributed by atoms with E-state index in [1.807, 2.05) is 16.8 Å². The maximum absolute atomic E-state index is 4.73. The molecule has 120 valence electrons. The van der Waals surface area contributed by atoms with Gasteiger partial charge in [-0.3, -0.25) is 4.99 Å². The van der Waals surface area contributed by atoms with Crippen LogP contribution in [-0.4, -0.2) is 32.5 Å². The second-order valence-electron chi connectivity index (χ2n) is 6.44. The number of rotatable bonds is 2. The van der Waals surface area contributed by atoms with Gasteiger partial charge in [0.2, 0.25) is 0 Å². The van der Waals surface area contributed by atoms with Gasteiger partial charge in [0.25, 0.3) is 0 Å². The molecule has 23 heavy (non-hydrogen) atoms. The Morgan fingerprint density at radius 2 is 1.96 bits per heavy atom. The Morgan fingerprint density at radius 3 is 2.83 bits per heavy atom. The topological polar surface area (TPSA) is 68.0 Å². The lowest BCUT2D eigenvalue weighted by atomic mass is 9.95. The fraction of sp³-hybridized carbons (Fsp3) is 0.529. The molecule has 6 nitrogen and oxygen atoms in total. The number of hydrogen-bond acceptors (Lipinski definition) is 5. The van der Waals surface area contributed by atoms with E-state index in [4.69, 9.17) is 4.99 Å². The number of nitrogens with one attached hydrogen (secondary N) is 1. The average molecular weight is 310 g/mol. The number of nitrogens with zero attached hydrogens (tertiary/aromatic N) is 5. The van der Waals surface area contributed by atoms with Crippen molar-refractivity contribution in [1.82, 2.24) is 20.2 Å². The summed E-state index contributed by atoms with van der Waals surface area (Å²) in [5.41, 5.74) is 3.33. The van der Waals surface area contributed by atoms with E-state index in [1.54, 1.807) is 0 Å². The van der Waals surface area contributed by atoms with Crippen LogP contribution in [0.25, 0.3) is 0 Å². The average Bonchev–Trinajstić information content (AvgIpc) is 3.02. The number of fused-ring (bicyclic) bond motifs is 1. The molecule has 1 aliphatic heterocycles. The molecule has 1 atom stereocenters. The standard InChI is InChI=1S/C17H22N6/c1-12-14-9-5-6-10-15(14)19-16(11-18-12)17-20-21-22-23(17)13-7-3-2-4-8-13/h5-6,9-10,13,16,19H,2-4,7-8,11H2,1H3. The molecule has 1 fully saturated rings. The lowest BCUT2D eigenvalue weighted by Crippen LogP contribution is -2.23. The highest BCUT2D eigenvalue weighted by molar-refractivity contribution is 6.03. The van der Waals surface area contributed by atoms with Gasteiger partial charge in [0.1, 0.15) is 6.04 Å². The summed E-state index contributed by atoms with van der Waals surface area (Å²) in [6.07, 6.45) is 6.20. The molecule has 1 saturated carbocycles. The van der Waals surface area contributed by atoms with Gasteiger partial charge in [0, 0.05) is 17.0 Å². The highest BCUT2D eigenvalue weighted by Gasteiger charge is 2.27. The van der Waals surface area contributed by atoms with Gasteiger partial charge < -0.3 is 5.32 Å². The number of tetrazole rings is 1. The molecule has 0 spiro atoms. The van der Waals surface area contributed by atoms with Crippen LogP contribution in [0.1, 0.15) is 62.5 Å². The van der Waals surface area contributed by atoms with E-state index in [1.165, 1.54) is 32.1 Å². The molecule has 1 unspecified atom stereocenters. The van der Waals surface area contributed by atoms with Crippen molar-refractivity contribution in [2.45, 2.75) is 51.1 Å². The zero-order chi connectivity index (χ0) is 15.6. The second-order valence-corrected chi connectivity index (χ2v) is 6.44. The smallest absolute Gasteiger partial charge is 0.175 e. The van der Waals surface area contributed by atoms with Gasteiger partial charge in [0.05, 0.1) is 12.6 Å². The van der Waals surface area contributed by atoms with E-state index in [9.17, 15) is 0 Å². The maximum Gasteiger partial charge on any atom is 0.175 e. The van der Waals surface area contributed by atoms with E-state index < -0.39 is 0 Å². The van der Waals surface area contributed by atoms with Crippen LogP contribution in [0.2, 0.25) is 0 Å². The molecule has 0 radical (unpaired) electrons. The number of hydrogen-bond donors (Lipinski definition) is 1. The third kappa shape index (κ3) is 2.73. The van der Waals surface area contributed by atoms with Gasteiger partial charge in [-0.25, -0.2) is 4.68 Å². The lowest BCUT2D eigenvalue weighted by molar-refractivity contribution is 0.314. The van der Waals surface area contributed by atoms with E-state index in [-0.39, 0.29) is 6.04 Å². The van der Waals surface area contributed by atoms with Crippen molar-refractivity contribution >= 4 is 11.4 Å².